The Morgan fingerprint density at radius 3 is 2.17 bits per heavy atom. The molecule has 122 valence electrons. The molecule has 0 amide bonds. The van der Waals surface area contributed by atoms with Crippen molar-refractivity contribution in [1.29, 1.82) is 0 Å². The highest BCUT2D eigenvalue weighted by Gasteiger charge is 2.03. The lowest BCUT2D eigenvalue weighted by atomic mass is 10.1. The van der Waals surface area contributed by atoms with Gasteiger partial charge in [0.1, 0.15) is 17.6 Å². The zero-order valence-corrected chi connectivity index (χ0v) is 13.5. The zero-order valence-electron chi connectivity index (χ0n) is 13.5. The molecule has 0 bridgehead atoms. The van der Waals surface area contributed by atoms with E-state index in [0.717, 1.165) is 0 Å². The third-order valence-corrected chi connectivity index (χ3v) is 3.03. The van der Waals surface area contributed by atoms with Gasteiger partial charge in [-0.05, 0) is 35.7 Å². The van der Waals surface area contributed by atoms with E-state index in [9.17, 15) is 9.90 Å². The van der Waals surface area contributed by atoms with E-state index >= 15 is 0 Å². The van der Waals surface area contributed by atoms with Gasteiger partial charge >= 0.3 is 0 Å². The Morgan fingerprint density at radius 2 is 1.62 bits per heavy atom. The van der Waals surface area contributed by atoms with E-state index in [4.69, 9.17) is 22.3 Å². The van der Waals surface area contributed by atoms with Crippen LogP contribution in [-0.2, 0) is 0 Å². The summed E-state index contributed by atoms with van der Waals surface area (Å²) in [6.45, 7) is 0. The molecule has 0 radical (unpaired) electrons. The second-order valence-electron chi connectivity index (χ2n) is 4.55. The second-order valence-corrected chi connectivity index (χ2v) is 4.55. The summed E-state index contributed by atoms with van der Waals surface area (Å²) in [4.78, 5) is 11.0. The maximum Gasteiger partial charge on any atom is 0.235 e. The third-order valence-electron chi connectivity index (χ3n) is 3.03. The molecule has 0 aromatic heterocycles. The fourth-order valence-corrected chi connectivity index (χ4v) is 1.76. The highest BCUT2D eigenvalue weighted by Crippen LogP contribution is 2.18. The minimum Gasteiger partial charge on any atom is -0.497 e. The minimum atomic E-state index is -0.847. The molecule has 0 aliphatic carbocycles. The largest absolute Gasteiger partial charge is 0.497 e. The van der Waals surface area contributed by atoms with Gasteiger partial charge in [0.2, 0.25) is 5.78 Å². The monoisotopic (exact) mass is 322 g/mol. The Morgan fingerprint density at radius 1 is 1.04 bits per heavy atom. The molecule has 0 heterocycles. The van der Waals surface area contributed by atoms with Crippen molar-refractivity contribution in [3.63, 3.8) is 0 Å². The predicted molar refractivity (Wildman–Crippen MR) is 92.9 cm³/mol. The van der Waals surface area contributed by atoms with E-state index in [0.29, 0.717) is 22.6 Å². The van der Waals surface area contributed by atoms with Crippen LogP contribution in [0.3, 0.4) is 0 Å². The summed E-state index contributed by atoms with van der Waals surface area (Å²) in [6.07, 6.45) is 9.16. The predicted octanol–water partition coefficient (Wildman–Crippen LogP) is 2.87. The van der Waals surface area contributed by atoms with E-state index in [-0.39, 0.29) is 5.78 Å². The number of ketones is 1. The number of carbonyl (C=O) groups is 1. The first-order chi connectivity index (χ1) is 11.5. The van der Waals surface area contributed by atoms with Crippen molar-refractivity contribution in [3.8, 4) is 36.2 Å². The number of rotatable bonds is 4. The Kier molecular flexibility index (Phi) is 7.64. The number of ether oxygens (including phenoxy) is 2. The van der Waals surface area contributed by atoms with Crippen LogP contribution in [0.5, 0.6) is 11.5 Å². The van der Waals surface area contributed by atoms with Crippen LogP contribution in [0.25, 0.3) is 0 Å². The van der Waals surface area contributed by atoms with Crippen molar-refractivity contribution in [3.05, 3.63) is 59.7 Å². The van der Waals surface area contributed by atoms with Gasteiger partial charge in [-0.3, -0.25) is 4.79 Å². The summed E-state index contributed by atoms with van der Waals surface area (Å²) in [6, 6.07) is 13.8. The molecule has 0 saturated carbocycles. The first kappa shape index (κ1) is 18.8. The van der Waals surface area contributed by atoms with Gasteiger partial charge in [-0.15, -0.1) is 12.8 Å². The first-order valence-corrected chi connectivity index (χ1v) is 6.98. The average Bonchev–Trinajstić information content (AvgIpc) is 2.67. The summed E-state index contributed by atoms with van der Waals surface area (Å²) < 4.78 is 9.90. The van der Waals surface area contributed by atoms with Crippen molar-refractivity contribution in [2.45, 2.75) is 6.10 Å². The van der Waals surface area contributed by atoms with Crippen LogP contribution in [0, 0.1) is 24.7 Å². The number of aliphatic hydroxyl groups excluding tert-OH is 1. The highest BCUT2D eigenvalue weighted by atomic mass is 16.5. The van der Waals surface area contributed by atoms with Gasteiger partial charge in [-0.1, -0.05) is 30.2 Å². The standard InChI is InChI=1S/C10H10O2.C10H8O2/c2*1-3-10(11)8-5-4-6-9(7-8)12-2/h1,4-7,10-11H,2H3;1,4-7H,2H3. The quantitative estimate of drug-likeness (QED) is 0.534. The molecular weight excluding hydrogens is 304 g/mol. The molecule has 2 rings (SSSR count). The molecule has 0 aliphatic heterocycles. The SMILES string of the molecule is C#CC(=O)c1cccc(OC)c1.C#CC(O)c1cccc(OC)c1. The van der Waals surface area contributed by atoms with Gasteiger partial charge in [0.25, 0.3) is 0 Å². The molecule has 0 fully saturated rings. The number of Topliss-reactive ketones (excluding diaryl/α,β-unsaturated/α-hetero) is 1. The molecule has 2 aromatic rings. The van der Waals surface area contributed by atoms with E-state index in [1.54, 1.807) is 62.8 Å². The molecule has 2 aromatic carbocycles. The maximum absolute atomic E-state index is 11.0. The van der Waals surface area contributed by atoms with Crippen molar-refractivity contribution >= 4 is 5.78 Å². The van der Waals surface area contributed by atoms with Gasteiger partial charge < -0.3 is 14.6 Å². The number of methoxy groups -OCH3 is 2. The van der Waals surface area contributed by atoms with Crippen molar-refractivity contribution < 1.29 is 19.4 Å². The van der Waals surface area contributed by atoms with Crippen LogP contribution in [-0.4, -0.2) is 25.1 Å². The summed E-state index contributed by atoms with van der Waals surface area (Å²) in [5, 5.41) is 9.26. The van der Waals surface area contributed by atoms with Crippen molar-refractivity contribution in [2.75, 3.05) is 14.2 Å². The summed E-state index contributed by atoms with van der Waals surface area (Å²) in [7, 11) is 3.11. The second kappa shape index (κ2) is 9.74. The Bertz CT molecular complexity index is 766. The van der Waals surface area contributed by atoms with Crippen LogP contribution in [0.4, 0.5) is 0 Å². The van der Waals surface area contributed by atoms with Crippen LogP contribution in [0.1, 0.15) is 22.0 Å². The van der Waals surface area contributed by atoms with Gasteiger partial charge in [0, 0.05) is 5.56 Å². The number of benzene rings is 2. The number of carbonyl (C=O) groups excluding carboxylic acids is 1. The first-order valence-electron chi connectivity index (χ1n) is 6.98. The lowest BCUT2D eigenvalue weighted by Gasteiger charge is -2.05. The molecule has 4 heteroatoms. The number of aliphatic hydroxyl groups is 1. The minimum absolute atomic E-state index is 0.325. The Labute approximate surface area is 142 Å². The molecule has 0 spiro atoms. The van der Waals surface area contributed by atoms with E-state index in [1.807, 2.05) is 5.92 Å². The molecule has 24 heavy (non-hydrogen) atoms. The van der Waals surface area contributed by atoms with Crippen molar-refractivity contribution in [1.82, 2.24) is 0 Å². The van der Waals surface area contributed by atoms with Crippen molar-refractivity contribution in [2.24, 2.45) is 0 Å². The molecule has 1 atom stereocenters. The molecule has 1 N–H and O–H groups in total. The van der Waals surface area contributed by atoms with Crippen LogP contribution in [0.2, 0.25) is 0 Å². The third kappa shape index (κ3) is 5.53. The lowest BCUT2D eigenvalue weighted by molar-refractivity contribution is 0.105. The molecular formula is C20H18O4. The van der Waals surface area contributed by atoms with E-state index in [2.05, 4.69) is 5.92 Å². The highest BCUT2D eigenvalue weighted by molar-refractivity contribution is 6.08. The van der Waals surface area contributed by atoms with Crippen LogP contribution in [0.15, 0.2) is 48.5 Å². The van der Waals surface area contributed by atoms with Crippen LogP contribution >= 0.6 is 0 Å². The topological polar surface area (TPSA) is 55.8 Å². The Hall–Kier alpha value is -3.21. The van der Waals surface area contributed by atoms with Gasteiger partial charge in [-0.25, -0.2) is 0 Å². The van der Waals surface area contributed by atoms with E-state index in [1.165, 1.54) is 0 Å². The average molecular weight is 322 g/mol. The molecule has 0 saturated heterocycles. The van der Waals surface area contributed by atoms with Gasteiger partial charge in [0.15, 0.2) is 0 Å². The molecule has 1 unspecified atom stereocenters. The molecule has 4 nitrogen and oxygen atoms in total. The van der Waals surface area contributed by atoms with Crippen LogP contribution < -0.4 is 9.47 Å². The summed E-state index contributed by atoms with van der Waals surface area (Å²) in [5.74, 6) is 5.28. The smallest absolute Gasteiger partial charge is 0.235 e. The van der Waals surface area contributed by atoms with Gasteiger partial charge in [0.05, 0.1) is 14.2 Å². The summed E-state index contributed by atoms with van der Waals surface area (Å²) >= 11 is 0. The number of terminal acetylenes is 2. The zero-order chi connectivity index (χ0) is 17.9. The van der Waals surface area contributed by atoms with E-state index < -0.39 is 6.10 Å². The number of hydrogen-bond acceptors (Lipinski definition) is 4. The normalized spacial score (nSPS) is 10.2. The number of hydrogen-bond donors (Lipinski definition) is 1. The summed E-state index contributed by atoms with van der Waals surface area (Å²) in [5.41, 5.74) is 1.16. The maximum atomic E-state index is 11.0. The Balaban J connectivity index is 0.000000240. The lowest BCUT2D eigenvalue weighted by Crippen LogP contribution is -1.94. The fourth-order valence-electron chi connectivity index (χ4n) is 1.76. The van der Waals surface area contributed by atoms with Gasteiger partial charge in [-0.2, -0.15) is 0 Å². The fraction of sp³-hybridized carbons (Fsp3) is 0.150. The molecule has 0 aliphatic rings.